The van der Waals surface area contributed by atoms with E-state index in [4.69, 9.17) is 14.6 Å². The van der Waals surface area contributed by atoms with Gasteiger partial charge in [0.25, 0.3) is 6.47 Å². The molecule has 0 aliphatic rings. The molecule has 5 nitrogen and oxygen atoms in total. The maximum absolute atomic E-state index is 9.65. The van der Waals surface area contributed by atoms with Gasteiger partial charge in [-0.15, -0.1) is 0 Å². The largest absolute Gasteiger partial charge is 0.508 e. The third kappa shape index (κ3) is 5.93. The zero-order chi connectivity index (χ0) is 17.9. The molecule has 0 amide bonds. The zero-order valence-corrected chi connectivity index (χ0v) is 14.4. The minimum absolute atomic E-state index is 0.250. The first-order valence-electron chi connectivity index (χ1n) is 7.80. The van der Waals surface area contributed by atoms with E-state index in [2.05, 4.69) is 17.9 Å². The highest BCUT2D eigenvalue weighted by molar-refractivity contribution is 5.74. The lowest BCUT2D eigenvalue weighted by molar-refractivity contribution is -0.122. The predicted molar refractivity (Wildman–Crippen MR) is 95.7 cm³/mol. The van der Waals surface area contributed by atoms with Crippen molar-refractivity contribution in [2.45, 2.75) is 13.3 Å². The summed E-state index contributed by atoms with van der Waals surface area (Å²) in [4.78, 5) is 10.5. The second-order valence-electron chi connectivity index (χ2n) is 5.45. The van der Waals surface area contributed by atoms with E-state index >= 15 is 0 Å². The number of para-hydroxylation sites is 1. The van der Waals surface area contributed by atoms with Crippen molar-refractivity contribution in [3.05, 3.63) is 48.0 Å². The molecule has 130 valence electrons. The Hall–Kier alpha value is -2.53. The zero-order valence-electron chi connectivity index (χ0n) is 14.4. The summed E-state index contributed by atoms with van der Waals surface area (Å²) < 4.78 is 5.93. The first-order chi connectivity index (χ1) is 11.5. The first kappa shape index (κ1) is 19.5. The van der Waals surface area contributed by atoms with Crippen LogP contribution < -0.4 is 4.74 Å². The summed E-state index contributed by atoms with van der Waals surface area (Å²) in [6, 6.07) is 13.6. The van der Waals surface area contributed by atoms with E-state index in [1.165, 1.54) is 0 Å². The molecule has 2 aromatic carbocycles. The highest BCUT2D eigenvalue weighted by atomic mass is 16.5. The maximum Gasteiger partial charge on any atom is 0.290 e. The second-order valence-corrected chi connectivity index (χ2v) is 5.45. The topological polar surface area (TPSA) is 70.0 Å². The van der Waals surface area contributed by atoms with Crippen molar-refractivity contribution >= 4 is 6.47 Å². The van der Waals surface area contributed by atoms with Gasteiger partial charge in [0.15, 0.2) is 0 Å². The summed E-state index contributed by atoms with van der Waals surface area (Å²) in [5.41, 5.74) is 3.32. The number of hydrogen-bond acceptors (Lipinski definition) is 4. The number of nitrogens with zero attached hydrogens (tertiary/aromatic N) is 1. The third-order valence-corrected chi connectivity index (χ3v) is 3.44. The Morgan fingerprint density at radius 2 is 1.79 bits per heavy atom. The van der Waals surface area contributed by atoms with Crippen molar-refractivity contribution in [2.75, 3.05) is 27.2 Å². The van der Waals surface area contributed by atoms with E-state index < -0.39 is 0 Å². The number of hydrogen-bond donors (Lipinski definition) is 2. The Kier molecular flexibility index (Phi) is 8.36. The lowest BCUT2D eigenvalue weighted by atomic mass is 9.97. The van der Waals surface area contributed by atoms with Crippen molar-refractivity contribution in [1.82, 2.24) is 4.90 Å². The molecule has 2 N–H and O–H groups in total. The third-order valence-electron chi connectivity index (χ3n) is 3.44. The number of phenols is 1. The SMILES string of the molecule is CCc1cc(O)ccc1-c1ccccc1OCCN(C)C.O=CO. The fourth-order valence-electron chi connectivity index (χ4n) is 2.29. The van der Waals surface area contributed by atoms with Crippen LogP contribution in [0.25, 0.3) is 11.1 Å². The van der Waals surface area contributed by atoms with E-state index in [0.29, 0.717) is 12.4 Å². The Morgan fingerprint density at radius 1 is 1.12 bits per heavy atom. The summed E-state index contributed by atoms with van der Waals surface area (Å²) >= 11 is 0. The molecule has 0 fully saturated rings. The summed E-state index contributed by atoms with van der Waals surface area (Å²) in [5.74, 6) is 1.20. The Bertz CT molecular complexity index is 641. The van der Waals surface area contributed by atoms with E-state index in [9.17, 15) is 5.11 Å². The molecule has 0 saturated heterocycles. The molecule has 0 spiro atoms. The molecule has 0 aliphatic heterocycles. The van der Waals surface area contributed by atoms with Crippen LogP contribution in [0.2, 0.25) is 0 Å². The van der Waals surface area contributed by atoms with Gasteiger partial charge in [-0.05, 0) is 49.8 Å². The lowest BCUT2D eigenvalue weighted by Crippen LogP contribution is -2.19. The number of carbonyl (C=O) groups is 1. The number of ether oxygens (including phenoxy) is 1. The highest BCUT2D eigenvalue weighted by Crippen LogP contribution is 2.34. The van der Waals surface area contributed by atoms with Crippen molar-refractivity contribution < 1.29 is 19.7 Å². The molecule has 0 aliphatic carbocycles. The number of benzene rings is 2. The van der Waals surface area contributed by atoms with Gasteiger partial charge in [0.05, 0.1) is 0 Å². The molecule has 0 atom stereocenters. The molecule has 0 saturated carbocycles. The van der Waals surface area contributed by atoms with E-state index in [1.54, 1.807) is 6.07 Å². The van der Waals surface area contributed by atoms with Gasteiger partial charge < -0.3 is 19.8 Å². The van der Waals surface area contributed by atoms with Crippen LogP contribution in [0.4, 0.5) is 0 Å². The summed E-state index contributed by atoms with van der Waals surface area (Å²) in [5, 5.41) is 16.5. The van der Waals surface area contributed by atoms with Crippen LogP contribution in [0, 0.1) is 0 Å². The smallest absolute Gasteiger partial charge is 0.290 e. The number of rotatable bonds is 6. The Labute approximate surface area is 143 Å². The minimum Gasteiger partial charge on any atom is -0.508 e. The predicted octanol–water partition coefficient (Wildman–Crippen LogP) is 3.26. The number of phenolic OH excluding ortho intramolecular Hbond substituents is 1. The van der Waals surface area contributed by atoms with Gasteiger partial charge >= 0.3 is 0 Å². The molecule has 0 bridgehead atoms. The molecular formula is C19H25NO4. The summed E-state index contributed by atoms with van der Waals surface area (Å²) in [7, 11) is 4.06. The number of carboxylic acid groups (broad SMARTS) is 1. The van der Waals surface area contributed by atoms with Gasteiger partial charge in [0.2, 0.25) is 0 Å². The monoisotopic (exact) mass is 331 g/mol. The molecule has 0 aromatic heterocycles. The Balaban J connectivity index is 0.000000891. The average Bonchev–Trinajstić information content (AvgIpc) is 2.56. The van der Waals surface area contributed by atoms with Crippen LogP contribution in [-0.2, 0) is 11.2 Å². The van der Waals surface area contributed by atoms with E-state index in [-0.39, 0.29) is 6.47 Å². The maximum atomic E-state index is 9.65. The standard InChI is InChI=1S/C18H23NO2.CH2O2/c1-4-14-13-15(20)9-10-16(14)17-7-5-6-8-18(17)21-12-11-19(2)3;2-1-3/h5-10,13,20H,4,11-12H2,1-3H3;1H,(H,2,3). The van der Waals surface area contributed by atoms with Crippen LogP contribution >= 0.6 is 0 Å². The van der Waals surface area contributed by atoms with Gasteiger partial charge in [-0.2, -0.15) is 0 Å². The van der Waals surface area contributed by atoms with Gasteiger partial charge in [0, 0.05) is 12.1 Å². The molecule has 2 rings (SSSR count). The first-order valence-corrected chi connectivity index (χ1v) is 7.80. The van der Waals surface area contributed by atoms with Crippen LogP contribution in [0.3, 0.4) is 0 Å². The molecular weight excluding hydrogens is 306 g/mol. The molecule has 0 radical (unpaired) electrons. The van der Waals surface area contributed by atoms with Crippen molar-refractivity contribution in [1.29, 1.82) is 0 Å². The summed E-state index contributed by atoms with van der Waals surface area (Å²) in [6.45, 7) is 3.38. The van der Waals surface area contributed by atoms with Gasteiger partial charge in [-0.25, -0.2) is 0 Å². The fourth-order valence-corrected chi connectivity index (χ4v) is 2.29. The molecule has 0 heterocycles. The molecule has 2 aromatic rings. The molecule has 0 unspecified atom stereocenters. The quantitative estimate of drug-likeness (QED) is 0.795. The second kappa shape index (κ2) is 10.3. The van der Waals surface area contributed by atoms with Gasteiger partial charge in [0.1, 0.15) is 18.1 Å². The minimum atomic E-state index is -0.250. The molecule has 5 heteroatoms. The van der Waals surface area contributed by atoms with Crippen LogP contribution in [0.5, 0.6) is 11.5 Å². The van der Waals surface area contributed by atoms with Gasteiger partial charge in [-0.1, -0.05) is 31.2 Å². The Morgan fingerprint density at radius 3 is 2.42 bits per heavy atom. The summed E-state index contributed by atoms with van der Waals surface area (Å²) in [6.07, 6.45) is 0.871. The van der Waals surface area contributed by atoms with E-state index in [1.807, 2.05) is 44.4 Å². The lowest BCUT2D eigenvalue weighted by Gasteiger charge is -2.16. The number of aryl methyl sites for hydroxylation is 1. The molecule has 24 heavy (non-hydrogen) atoms. The fraction of sp³-hybridized carbons (Fsp3) is 0.316. The van der Waals surface area contributed by atoms with Crippen molar-refractivity contribution in [2.24, 2.45) is 0 Å². The van der Waals surface area contributed by atoms with Crippen LogP contribution in [-0.4, -0.2) is 48.8 Å². The van der Waals surface area contributed by atoms with Crippen LogP contribution in [0.15, 0.2) is 42.5 Å². The highest BCUT2D eigenvalue weighted by Gasteiger charge is 2.10. The van der Waals surface area contributed by atoms with Crippen LogP contribution in [0.1, 0.15) is 12.5 Å². The van der Waals surface area contributed by atoms with Crippen molar-refractivity contribution in [3.63, 3.8) is 0 Å². The van der Waals surface area contributed by atoms with E-state index in [0.717, 1.165) is 35.4 Å². The van der Waals surface area contributed by atoms with Gasteiger partial charge in [-0.3, -0.25) is 4.79 Å². The number of likely N-dealkylation sites (N-methyl/N-ethyl adjacent to an activating group) is 1. The van der Waals surface area contributed by atoms with Crippen molar-refractivity contribution in [3.8, 4) is 22.6 Å². The number of aromatic hydroxyl groups is 1. The normalized spacial score (nSPS) is 10.0. The average molecular weight is 331 g/mol.